The molecule has 2 aliphatic heterocycles. The summed E-state index contributed by atoms with van der Waals surface area (Å²) < 4.78 is 4.92. The Balaban J connectivity index is 1.96. The van der Waals surface area contributed by atoms with E-state index in [1.165, 1.54) is 0 Å². The van der Waals surface area contributed by atoms with Crippen molar-refractivity contribution in [2.24, 2.45) is 5.92 Å². The molecule has 1 N–H and O–H groups in total. The van der Waals surface area contributed by atoms with Gasteiger partial charge in [0.15, 0.2) is 0 Å². The van der Waals surface area contributed by atoms with Gasteiger partial charge in [0.05, 0.1) is 13.0 Å². The number of carbonyl (C=O) groups is 1. The number of aliphatic hydroxyl groups excluding tert-OH is 1. The van der Waals surface area contributed by atoms with Crippen molar-refractivity contribution in [1.82, 2.24) is 4.90 Å². The van der Waals surface area contributed by atoms with Gasteiger partial charge in [0.25, 0.3) is 0 Å². The van der Waals surface area contributed by atoms with E-state index in [2.05, 4.69) is 0 Å². The number of nitrogens with zero attached hydrogens (tertiary/aromatic N) is 1. The summed E-state index contributed by atoms with van der Waals surface area (Å²) in [4.78, 5) is 13.9. The first-order chi connectivity index (χ1) is 7.27. The molecule has 1 amide bonds. The van der Waals surface area contributed by atoms with E-state index in [0.717, 1.165) is 19.3 Å². The van der Waals surface area contributed by atoms with Gasteiger partial charge in [-0.1, -0.05) is 0 Å². The zero-order valence-electron chi connectivity index (χ0n) is 9.19. The number of ether oxygens (including phenoxy) is 1. The van der Waals surface area contributed by atoms with Crippen LogP contribution < -0.4 is 0 Å². The number of hydrogen-bond acceptors (Lipinski definition) is 3. The van der Waals surface area contributed by atoms with E-state index in [9.17, 15) is 9.90 Å². The van der Waals surface area contributed by atoms with Crippen LogP contribution in [0.1, 0.15) is 25.7 Å². The van der Waals surface area contributed by atoms with Gasteiger partial charge in [-0.05, 0) is 19.3 Å². The summed E-state index contributed by atoms with van der Waals surface area (Å²) in [6, 6.07) is 0.681. The lowest BCUT2D eigenvalue weighted by molar-refractivity contribution is -0.133. The summed E-state index contributed by atoms with van der Waals surface area (Å²) in [7, 11) is 1.61. The van der Waals surface area contributed by atoms with Crippen molar-refractivity contribution in [1.29, 1.82) is 0 Å². The van der Waals surface area contributed by atoms with Crippen molar-refractivity contribution in [2.75, 3.05) is 20.3 Å². The van der Waals surface area contributed by atoms with E-state index in [1.807, 2.05) is 4.90 Å². The third kappa shape index (κ3) is 1.88. The van der Waals surface area contributed by atoms with Gasteiger partial charge in [-0.2, -0.15) is 0 Å². The molecule has 0 aliphatic carbocycles. The Morgan fingerprint density at radius 3 is 2.93 bits per heavy atom. The molecule has 15 heavy (non-hydrogen) atoms. The Morgan fingerprint density at radius 2 is 2.33 bits per heavy atom. The monoisotopic (exact) mass is 213 g/mol. The summed E-state index contributed by atoms with van der Waals surface area (Å²) in [5.41, 5.74) is 0. The molecule has 0 saturated carbocycles. The normalized spacial score (nSPS) is 33.7. The van der Waals surface area contributed by atoms with Gasteiger partial charge in [-0.25, -0.2) is 0 Å². The first kappa shape index (κ1) is 10.9. The molecular formula is C11H19NO3. The van der Waals surface area contributed by atoms with Crippen LogP contribution in [0.3, 0.4) is 0 Å². The molecular weight excluding hydrogens is 194 g/mol. The average molecular weight is 213 g/mol. The number of methoxy groups -OCH3 is 1. The fourth-order valence-corrected chi connectivity index (χ4v) is 3.02. The molecule has 2 aliphatic rings. The van der Waals surface area contributed by atoms with Crippen molar-refractivity contribution in [3.05, 3.63) is 0 Å². The third-order valence-corrected chi connectivity index (χ3v) is 3.71. The highest BCUT2D eigenvalue weighted by molar-refractivity contribution is 5.77. The molecule has 2 fully saturated rings. The van der Waals surface area contributed by atoms with Gasteiger partial charge in [-0.15, -0.1) is 0 Å². The van der Waals surface area contributed by atoms with E-state index in [1.54, 1.807) is 7.11 Å². The fraction of sp³-hybridized carbons (Fsp3) is 0.909. The predicted octanol–water partition coefficient (Wildman–Crippen LogP) is 0.395. The van der Waals surface area contributed by atoms with Crippen LogP contribution in [-0.4, -0.2) is 48.3 Å². The second-order valence-corrected chi connectivity index (χ2v) is 4.52. The van der Waals surface area contributed by atoms with E-state index in [0.29, 0.717) is 31.0 Å². The molecule has 3 unspecified atom stereocenters. The number of carbonyl (C=O) groups excluding carboxylic acids is 1. The highest BCUT2D eigenvalue weighted by Crippen LogP contribution is 2.41. The highest BCUT2D eigenvalue weighted by Gasteiger charge is 2.47. The maximum absolute atomic E-state index is 11.9. The molecule has 86 valence electrons. The van der Waals surface area contributed by atoms with Gasteiger partial charge in [0.1, 0.15) is 0 Å². The molecule has 4 heteroatoms. The summed E-state index contributed by atoms with van der Waals surface area (Å²) in [6.45, 7) is 0.716. The van der Waals surface area contributed by atoms with E-state index < -0.39 is 0 Å². The minimum Gasteiger partial charge on any atom is -0.396 e. The molecule has 3 atom stereocenters. The third-order valence-electron chi connectivity index (χ3n) is 3.71. The van der Waals surface area contributed by atoms with E-state index >= 15 is 0 Å². The van der Waals surface area contributed by atoms with Crippen LogP contribution >= 0.6 is 0 Å². The molecule has 2 rings (SSSR count). The first-order valence-corrected chi connectivity index (χ1v) is 5.69. The number of amides is 1. The summed E-state index contributed by atoms with van der Waals surface area (Å²) >= 11 is 0. The molecule has 2 bridgehead atoms. The molecule has 0 aromatic carbocycles. The quantitative estimate of drug-likeness (QED) is 0.735. The Hall–Kier alpha value is -0.610. The van der Waals surface area contributed by atoms with Crippen LogP contribution in [0.4, 0.5) is 0 Å². The number of aliphatic hydroxyl groups is 1. The van der Waals surface area contributed by atoms with Crippen LogP contribution in [0.5, 0.6) is 0 Å². The van der Waals surface area contributed by atoms with Crippen molar-refractivity contribution in [3.8, 4) is 0 Å². The molecule has 2 heterocycles. The lowest BCUT2D eigenvalue weighted by Gasteiger charge is -2.23. The molecule has 0 aromatic rings. The number of hydrogen-bond donors (Lipinski definition) is 1. The van der Waals surface area contributed by atoms with Gasteiger partial charge in [0.2, 0.25) is 5.91 Å². The molecule has 0 spiro atoms. The molecule has 0 aromatic heterocycles. The van der Waals surface area contributed by atoms with Crippen LogP contribution in [0, 0.1) is 5.92 Å². The topological polar surface area (TPSA) is 49.8 Å². The van der Waals surface area contributed by atoms with Gasteiger partial charge >= 0.3 is 0 Å². The average Bonchev–Trinajstić information content (AvgIpc) is 2.82. The summed E-state index contributed by atoms with van der Waals surface area (Å²) in [5.74, 6) is 0.510. The van der Waals surface area contributed by atoms with Crippen LogP contribution in [0.2, 0.25) is 0 Å². The zero-order valence-corrected chi connectivity index (χ0v) is 9.19. The van der Waals surface area contributed by atoms with Crippen LogP contribution in [-0.2, 0) is 9.53 Å². The van der Waals surface area contributed by atoms with E-state index in [-0.39, 0.29) is 12.5 Å². The minimum atomic E-state index is 0.195. The SMILES string of the molecule is COCCC(=O)N1C2CCC1C(CO)C2. The Bertz CT molecular complexity index is 244. The van der Waals surface area contributed by atoms with Crippen molar-refractivity contribution in [3.63, 3.8) is 0 Å². The lowest BCUT2D eigenvalue weighted by atomic mass is 9.90. The fourth-order valence-electron chi connectivity index (χ4n) is 3.02. The van der Waals surface area contributed by atoms with Gasteiger partial charge in [-0.3, -0.25) is 4.79 Å². The smallest absolute Gasteiger partial charge is 0.225 e. The Morgan fingerprint density at radius 1 is 1.53 bits per heavy atom. The lowest BCUT2D eigenvalue weighted by Crippen LogP contribution is -2.37. The number of rotatable bonds is 4. The van der Waals surface area contributed by atoms with Crippen molar-refractivity contribution >= 4 is 5.91 Å². The second-order valence-electron chi connectivity index (χ2n) is 4.52. The minimum absolute atomic E-state index is 0.195. The highest BCUT2D eigenvalue weighted by atomic mass is 16.5. The van der Waals surface area contributed by atoms with Crippen molar-refractivity contribution in [2.45, 2.75) is 37.8 Å². The maximum atomic E-state index is 11.9. The van der Waals surface area contributed by atoms with Crippen LogP contribution in [0.15, 0.2) is 0 Å². The molecule has 0 radical (unpaired) electrons. The second kappa shape index (κ2) is 4.49. The predicted molar refractivity (Wildman–Crippen MR) is 55.3 cm³/mol. The first-order valence-electron chi connectivity index (χ1n) is 5.69. The van der Waals surface area contributed by atoms with E-state index in [4.69, 9.17) is 4.74 Å². The zero-order chi connectivity index (χ0) is 10.8. The van der Waals surface area contributed by atoms with Crippen molar-refractivity contribution < 1.29 is 14.6 Å². The molecule has 2 saturated heterocycles. The van der Waals surface area contributed by atoms with Crippen LogP contribution in [0.25, 0.3) is 0 Å². The maximum Gasteiger partial charge on any atom is 0.225 e. The summed E-state index contributed by atoms with van der Waals surface area (Å²) in [5, 5.41) is 9.20. The summed E-state index contributed by atoms with van der Waals surface area (Å²) in [6.07, 6.45) is 3.63. The standard InChI is InChI=1S/C11H19NO3/c1-15-5-4-11(14)12-9-2-3-10(12)8(6-9)7-13/h8-10,13H,2-7H2,1H3. The Labute approximate surface area is 90.2 Å². The largest absolute Gasteiger partial charge is 0.396 e. The van der Waals surface area contributed by atoms with Gasteiger partial charge < -0.3 is 14.7 Å². The number of fused-ring (bicyclic) bond motifs is 2. The Kier molecular flexibility index (Phi) is 3.26. The molecule has 4 nitrogen and oxygen atoms in total. The van der Waals surface area contributed by atoms with Gasteiger partial charge in [0, 0.05) is 31.7 Å².